The molecule has 77 heavy (non-hydrogen) atoms. The number of likely N-dealkylation sites (tertiary alicyclic amines) is 4. The Bertz CT molecular complexity index is 1670. The number of rotatable bonds is 13. The number of carbonyl (C=O) groups is 8. The molecule has 0 radical (unpaired) electrons. The Kier molecular flexibility index (Phi) is 39.4. The SMILES string of the molecule is CC.CC.CC.CC.[2H]C.[2H]C.[2H]C.[2H]C.[3H][C@H]1C[C@H](C(C)=O)N(C(=O)CCNC)C1.[3H][C@H]1C[C@H](C(C)=O)N(C(=O)[C@@H]2CCCC2NC)C1.[3H][C@H]1C[C@H](C(C)=O)N(C(=O)[C@@H]2CCCN2NC)C1.[3H][C@H]1C[C@H](C(C)=O)N(C(=O)[C@H]2CCCN2NC)C1. The number of hydrogen-bond donors (Lipinski definition) is 4. The summed E-state index contributed by atoms with van der Waals surface area (Å²) in [5, 5.41) is 9.95. The van der Waals surface area contributed by atoms with E-state index < -0.39 is 0 Å². The number of Topliss-reactive ketones (excluding diaryl/α,β-unsaturated/α-hetero) is 4. The normalized spacial score (nSPS) is 29.6. The van der Waals surface area contributed by atoms with Crippen molar-refractivity contribution in [1.29, 1.82) is 0 Å². The molecule has 18 heteroatoms. The average Bonchev–Trinajstić information content (AvgIpc) is 4.46. The van der Waals surface area contributed by atoms with Crippen LogP contribution in [0.25, 0.3) is 0 Å². The maximum atomic E-state index is 12.5. The largest absolute Gasteiger partial charge is 0.333 e. The third kappa shape index (κ3) is 24.7. The van der Waals surface area contributed by atoms with Gasteiger partial charge in [0.2, 0.25) is 23.6 Å². The van der Waals surface area contributed by atoms with E-state index in [1.54, 1.807) is 26.6 Å². The van der Waals surface area contributed by atoms with E-state index in [-0.39, 0.29) is 121 Å². The first-order chi connectivity index (χ1) is 40.7. The van der Waals surface area contributed by atoms with E-state index in [9.17, 15) is 38.4 Å². The van der Waals surface area contributed by atoms with Crippen molar-refractivity contribution in [3.63, 3.8) is 0 Å². The van der Waals surface area contributed by atoms with Crippen LogP contribution in [0.1, 0.15) is 226 Å². The fourth-order valence-corrected chi connectivity index (χ4v) is 10.2. The fraction of sp³-hybridized carbons (Fsp3) is 0.864. The van der Waals surface area contributed by atoms with Crippen LogP contribution in [0.3, 0.4) is 0 Å². The lowest BCUT2D eigenvalue weighted by molar-refractivity contribution is -0.141. The highest BCUT2D eigenvalue weighted by molar-refractivity contribution is 5.92. The van der Waals surface area contributed by atoms with Crippen molar-refractivity contribution < 1.29 is 49.3 Å². The smallest absolute Gasteiger partial charge is 0.241 e. The van der Waals surface area contributed by atoms with Gasteiger partial charge in [-0.3, -0.25) is 49.2 Å². The van der Waals surface area contributed by atoms with E-state index >= 15 is 0 Å². The lowest BCUT2D eigenvalue weighted by Gasteiger charge is -2.29. The Balaban J connectivity index is -0.000000310. The third-order valence-electron chi connectivity index (χ3n) is 13.9. The van der Waals surface area contributed by atoms with Gasteiger partial charge in [-0.25, -0.2) is 10.0 Å². The molecule has 1 unspecified atom stereocenters. The van der Waals surface area contributed by atoms with E-state index in [1.165, 1.54) is 57.3 Å². The van der Waals surface area contributed by atoms with E-state index in [0.717, 1.165) is 58.0 Å². The van der Waals surface area contributed by atoms with Crippen LogP contribution in [0.5, 0.6) is 0 Å². The topological polar surface area (TPSA) is 204 Å². The highest BCUT2D eigenvalue weighted by atomic mass is 16.2. The molecule has 6 aliphatic heterocycles. The average molecular weight is 1110 g/mol. The van der Waals surface area contributed by atoms with Gasteiger partial charge in [0.15, 0.2) is 23.1 Å². The van der Waals surface area contributed by atoms with Gasteiger partial charge in [0, 0.05) is 69.2 Å². The number of hydrogen-bond acceptors (Lipinski definition) is 14. The van der Waals surface area contributed by atoms with Crippen molar-refractivity contribution in [2.24, 2.45) is 5.92 Å². The summed E-state index contributed by atoms with van der Waals surface area (Å²) in [6, 6.07) is -1.63. The van der Waals surface area contributed by atoms with Crippen molar-refractivity contribution in [1.82, 2.24) is 51.1 Å². The molecule has 12 atom stereocenters. The van der Waals surface area contributed by atoms with E-state index in [1.807, 2.05) is 86.6 Å². The van der Waals surface area contributed by atoms with Crippen LogP contribution >= 0.6 is 0 Å². The highest BCUT2D eigenvalue weighted by Gasteiger charge is 2.42. The van der Waals surface area contributed by atoms with Crippen molar-refractivity contribution in [2.45, 2.75) is 258 Å². The fourth-order valence-electron chi connectivity index (χ4n) is 10.2. The number of carbonyl (C=O) groups excluding carboxylic acids is 8. The summed E-state index contributed by atoms with van der Waals surface area (Å²) in [4.78, 5) is 102. The van der Waals surface area contributed by atoms with Crippen molar-refractivity contribution in [3.05, 3.63) is 0 Å². The predicted molar refractivity (Wildman–Crippen MR) is 320 cm³/mol. The van der Waals surface area contributed by atoms with Gasteiger partial charge in [-0.05, 0) is 146 Å². The Morgan fingerprint density at radius 1 is 0.442 bits per heavy atom. The lowest BCUT2D eigenvalue weighted by Crippen LogP contribution is -2.52. The van der Waals surface area contributed by atoms with Crippen LogP contribution in [0.4, 0.5) is 0 Å². The molecule has 6 saturated heterocycles. The summed E-state index contributed by atoms with van der Waals surface area (Å²) in [5.41, 5.74) is 6.06. The molecule has 1 aliphatic carbocycles. The zero-order chi connectivity index (χ0) is 67.3. The first-order valence-corrected chi connectivity index (χ1v) is 27.8. The monoisotopic (exact) mass is 1110 g/mol. The standard InChI is InChI=1S/C13H22N2O2.2C12H21N3O2.C10H18N2O2.4C2H6.4CH4/c1-9(16)12-7-4-8-15(12)13(17)10-5-3-6-11(10)14-2;2*1-9(16)10-5-3-7-14(10)12(17)11-6-4-8-15(11)13-2;1-8(13)9-4-3-7-12(9)10(14)5-6-11-2;4*1-2;;;;/h10-12,14H,3-8H2,1-2H3;2*10-11,13H,3-8H2,1-2H3;9,11H,3-7H2,1-2H3;4*1-2H3;4*1H4/t10-,11?,12-;10-,11+;10-,11-;9-;;;;;;;;/m1111......../s1/i4T;3*3T;;;;;4*1D/t4-,10+,11?,12+;3-,10+,11-;3-,10+,11+;3-,9+;;;;;;;;/m0000......... The van der Waals surface area contributed by atoms with Crippen LogP contribution in [-0.2, 0) is 38.4 Å². The number of ketones is 4. The minimum absolute atomic E-state index is 0.00296. The van der Waals surface area contributed by atoms with Crippen LogP contribution in [0.15, 0.2) is 0 Å². The second kappa shape index (κ2) is 46.1. The number of hydrazine groups is 2. The van der Waals surface area contributed by atoms with Gasteiger partial charge >= 0.3 is 0 Å². The molecule has 0 spiro atoms. The molecule has 456 valence electrons. The maximum Gasteiger partial charge on any atom is 0.241 e. The molecule has 4 N–H and O–H groups in total. The first kappa shape index (κ1) is 65.8. The Morgan fingerprint density at radius 3 is 1.08 bits per heavy atom. The number of nitrogens with one attached hydrogen (secondary N) is 4. The molecule has 0 aromatic carbocycles. The van der Waals surface area contributed by atoms with Gasteiger partial charge in [0.1, 0.15) is 12.1 Å². The Morgan fingerprint density at radius 2 is 0.766 bits per heavy atom. The summed E-state index contributed by atoms with van der Waals surface area (Å²) < 4.78 is 53.9. The van der Waals surface area contributed by atoms with E-state index in [4.69, 9.17) is 11.0 Å². The number of nitrogens with zero attached hydrogens (tertiary/aromatic N) is 6. The second-order valence-electron chi connectivity index (χ2n) is 18.1. The number of amides is 4. The maximum absolute atomic E-state index is 12.5. The summed E-state index contributed by atoms with van der Waals surface area (Å²) in [6.45, 7) is 25.9. The molecule has 1 saturated carbocycles. The van der Waals surface area contributed by atoms with Crippen molar-refractivity contribution >= 4 is 46.8 Å². The van der Waals surface area contributed by atoms with Gasteiger partial charge in [0.05, 0.1) is 30.1 Å². The Hall–Kier alpha value is -3.68. The van der Waals surface area contributed by atoms with Gasteiger partial charge in [-0.15, -0.1) is 0 Å². The summed E-state index contributed by atoms with van der Waals surface area (Å²) in [6.07, 6.45) is 7.67. The molecule has 18 nitrogen and oxygen atoms in total. The third-order valence-corrected chi connectivity index (χ3v) is 13.9. The van der Waals surface area contributed by atoms with Crippen molar-refractivity contribution in [2.75, 3.05) is 74.0 Å². The molecule has 0 bridgehead atoms. The van der Waals surface area contributed by atoms with Gasteiger partial charge < -0.3 is 30.2 Å². The molecule has 6 heterocycles. The molecule has 0 aromatic heterocycles. The molecule has 7 rings (SSSR count). The van der Waals surface area contributed by atoms with Gasteiger partial charge in [-0.1, -0.05) is 91.4 Å². The molecular weight excluding hydrogens is 977 g/mol. The van der Waals surface area contributed by atoms with E-state index in [2.05, 4.69) is 21.5 Å². The Labute approximate surface area is 483 Å². The molecule has 7 aliphatic rings. The van der Waals surface area contributed by atoms with Crippen LogP contribution in [0.2, 0.25) is 0 Å². The minimum atomic E-state index is -0.390. The zero-order valence-electron chi connectivity index (χ0n) is 60.3. The molecular formula is C59H122N10O8. The predicted octanol–water partition coefficient (Wildman–Crippen LogP) is 8.11. The summed E-state index contributed by atoms with van der Waals surface area (Å²) in [5.74, 6) is 0.00993. The zero-order valence-corrected chi connectivity index (χ0v) is 52.3. The molecule has 4 amide bonds. The van der Waals surface area contributed by atoms with Crippen LogP contribution in [0, 0.1) is 5.92 Å². The first-order valence-electron chi connectivity index (χ1n) is 34.1. The quantitative estimate of drug-likeness (QED) is 0.138. The minimum Gasteiger partial charge on any atom is -0.333 e. The lowest BCUT2D eigenvalue weighted by atomic mass is 10.0. The van der Waals surface area contributed by atoms with Crippen molar-refractivity contribution in [3.8, 4) is 0 Å². The highest BCUT2D eigenvalue weighted by Crippen LogP contribution is 2.31. The second-order valence-corrected chi connectivity index (χ2v) is 18.1. The summed E-state index contributed by atoms with van der Waals surface area (Å²) in [7, 11) is 12.3. The van der Waals surface area contributed by atoms with Crippen LogP contribution < -0.4 is 21.5 Å². The summed E-state index contributed by atoms with van der Waals surface area (Å²) >= 11 is 0. The molecule has 0 aromatic rings. The van der Waals surface area contributed by atoms with Gasteiger partial charge in [0.25, 0.3) is 0 Å². The van der Waals surface area contributed by atoms with Gasteiger partial charge in [-0.2, -0.15) is 0 Å². The van der Waals surface area contributed by atoms with E-state index in [0.29, 0.717) is 64.8 Å². The van der Waals surface area contributed by atoms with Crippen LogP contribution in [-0.4, -0.2) is 193 Å². The molecule has 7 fully saturated rings.